The van der Waals surface area contributed by atoms with E-state index in [1.165, 1.54) is 0 Å². The number of carbonyl (C=O) groups is 4. The second kappa shape index (κ2) is 8.91. The van der Waals surface area contributed by atoms with Gasteiger partial charge in [-0.1, -0.05) is 33.1 Å². The zero-order chi connectivity index (χ0) is 23.3. The molecule has 0 aromatic rings. The first-order valence-electron chi connectivity index (χ1n) is 13.1. The lowest BCUT2D eigenvalue weighted by atomic mass is 9.73. The molecule has 8 nitrogen and oxygen atoms in total. The fourth-order valence-corrected chi connectivity index (χ4v) is 6.45. The van der Waals surface area contributed by atoms with Gasteiger partial charge in [0.05, 0.1) is 18.0 Å². The topological polar surface area (TPSA) is 98.8 Å². The van der Waals surface area contributed by atoms with Crippen LogP contribution in [0.1, 0.15) is 78.1 Å². The molecule has 2 aliphatic heterocycles. The Morgan fingerprint density at radius 3 is 2.21 bits per heavy atom. The first-order valence-corrected chi connectivity index (χ1v) is 13.1. The van der Waals surface area contributed by atoms with Crippen molar-refractivity contribution >= 4 is 23.8 Å². The minimum atomic E-state index is -0.643. The summed E-state index contributed by atoms with van der Waals surface area (Å²) in [5.74, 6) is -0.308. The van der Waals surface area contributed by atoms with Crippen LogP contribution in [0.3, 0.4) is 0 Å². The lowest BCUT2D eigenvalue weighted by molar-refractivity contribution is -0.147. The van der Waals surface area contributed by atoms with E-state index in [0.717, 1.165) is 57.8 Å². The second-order valence-electron chi connectivity index (χ2n) is 11.2. The quantitative estimate of drug-likeness (QED) is 0.597. The first kappa shape index (κ1) is 22.7. The van der Waals surface area contributed by atoms with Crippen LogP contribution in [0.2, 0.25) is 0 Å². The smallest absolute Gasteiger partial charge is 0.315 e. The summed E-state index contributed by atoms with van der Waals surface area (Å²) < 4.78 is 0. The summed E-state index contributed by atoms with van der Waals surface area (Å²) in [5.41, 5.74) is 0. The van der Waals surface area contributed by atoms with Gasteiger partial charge in [-0.05, 0) is 56.8 Å². The molecule has 3 saturated carbocycles. The maximum atomic E-state index is 13.8. The van der Waals surface area contributed by atoms with Crippen molar-refractivity contribution in [3.05, 3.63) is 0 Å². The molecule has 0 radical (unpaired) electrons. The lowest BCUT2D eigenvalue weighted by Crippen LogP contribution is -2.57. The maximum Gasteiger partial charge on any atom is 0.315 e. The van der Waals surface area contributed by atoms with E-state index < -0.39 is 6.04 Å². The number of likely N-dealkylation sites (tertiary alicyclic amines) is 2. The molecule has 5 rings (SSSR count). The summed E-state index contributed by atoms with van der Waals surface area (Å²) in [7, 11) is 0. The Morgan fingerprint density at radius 2 is 1.64 bits per heavy atom. The monoisotopic (exact) mass is 458 g/mol. The Balaban J connectivity index is 1.33. The fourth-order valence-electron chi connectivity index (χ4n) is 6.45. The second-order valence-corrected chi connectivity index (χ2v) is 11.2. The Bertz CT molecular complexity index is 815. The van der Waals surface area contributed by atoms with Crippen molar-refractivity contribution in [2.24, 2.45) is 23.7 Å². The largest absolute Gasteiger partial charge is 0.335 e. The highest BCUT2D eigenvalue weighted by Gasteiger charge is 2.60. The van der Waals surface area contributed by atoms with E-state index in [-0.39, 0.29) is 65.5 Å². The number of urea groups is 1. The van der Waals surface area contributed by atoms with Crippen molar-refractivity contribution in [3.8, 4) is 0 Å². The maximum absolute atomic E-state index is 13.8. The standard InChI is InChI=1S/C25H38N4O4/c1-14(2)20(27-25(33)26-17-8-3-4-9-17)24(32)28-13-12-18-21(28)19(15-6-5-7-15)23(31)29(18)22(30)16-10-11-16/h14-21H,3-13H2,1-2H3,(H2,26,27,33)/t18-,19?,20-,21-/m0/s1. The number of nitrogens with one attached hydrogen (secondary N) is 2. The number of rotatable bonds is 6. The number of hydrogen-bond acceptors (Lipinski definition) is 4. The Kier molecular flexibility index (Phi) is 6.12. The van der Waals surface area contributed by atoms with E-state index in [1.807, 2.05) is 18.7 Å². The Labute approximate surface area is 196 Å². The molecule has 5 fully saturated rings. The van der Waals surface area contributed by atoms with Crippen molar-refractivity contribution < 1.29 is 19.2 Å². The van der Waals surface area contributed by atoms with E-state index in [4.69, 9.17) is 0 Å². The summed E-state index contributed by atoms with van der Waals surface area (Å²) in [6.07, 6.45) is 9.68. The van der Waals surface area contributed by atoms with Crippen molar-refractivity contribution in [2.75, 3.05) is 6.54 Å². The summed E-state index contributed by atoms with van der Waals surface area (Å²) in [5, 5.41) is 5.96. The number of nitrogens with zero attached hydrogens (tertiary/aromatic N) is 2. The molecule has 3 aliphatic carbocycles. The van der Waals surface area contributed by atoms with Gasteiger partial charge in [-0.25, -0.2) is 4.79 Å². The summed E-state index contributed by atoms with van der Waals surface area (Å²) in [6, 6.07) is -1.20. The molecule has 0 aromatic heterocycles. The van der Waals surface area contributed by atoms with E-state index in [0.29, 0.717) is 13.0 Å². The van der Waals surface area contributed by atoms with Gasteiger partial charge in [0.2, 0.25) is 17.7 Å². The van der Waals surface area contributed by atoms with Crippen molar-refractivity contribution in [3.63, 3.8) is 0 Å². The number of carbonyl (C=O) groups excluding carboxylic acids is 4. The van der Waals surface area contributed by atoms with E-state index >= 15 is 0 Å². The molecule has 8 heteroatoms. The third-order valence-corrected chi connectivity index (χ3v) is 8.66. The Morgan fingerprint density at radius 1 is 0.939 bits per heavy atom. The highest BCUT2D eigenvalue weighted by atomic mass is 16.2. The van der Waals surface area contributed by atoms with Crippen LogP contribution < -0.4 is 10.6 Å². The average Bonchev–Trinajstić information content (AvgIpc) is 3.20. The summed E-state index contributed by atoms with van der Waals surface area (Å²) >= 11 is 0. The van der Waals surface area contributed by atoms with Crippen molar-refractivity contribution in [1.29, 1.82) is 0 Å². The van der Waals surface area contributed by atoms with E-state index in [2.05, 4.69) is 10.6 Å². The van der Waals surface area contributed by atoms with Gasteiger partial charge < -0.3 is 15.5 Å². The lowest BCUT2D eigenvalue weighted by Gasteiger charge is -2.38. The minimum absolute atomic E-state index is 0.0103. The van der Waals surface area contributed by atoms with Crippen LogP contribution in [0, 0.1) is 23.7 Å². The minimum Gasteiger partial charge on any atom is -0.335 e. The van der Waals surface area contributed by atoms with E-state index in [1.54, 1.807) is 4.90 Å². The van der Waals surface area contributed by atoms with Crippen LogP contribution in [0.15, 0.2) is 0 Å². The third kappa shape index (κ3) is 4.14. The van der Waals surface area contributed by atoms with Gasteiger partial charge in [-0.15, -0.1) is 0 Å². The van der Waals surface area contributed by atoms with Crippen molar-refractivity contribution in [2.45, 2.75) is 102 Å². The normalized spacial score (nSPS) is 31.0. The zero-order valence-electron chi connectivity index (χ0n) is 19.9. The Hall–Kier alpha value is -2.12. The molecule has 0 aromatic carbocycles. The molecule has 2 saturated heterocycles. The number of imide groups is 1. The van der Waals surface area contributed by atoms with Gasteiger partial charge in [0, 0.05) is 18.5 Å². The van der Waals surface area contributed by atoms with Gasteiger partial charge in [-0.2, -0.15) is 0 Å². The van der Waals surface area contributed by atoms with Gasteiger partial charge in [0.1, 0.15) is 6.04 Å². The van der Waals surface area contributed by atoms with Gasteiger partial charge in [-0.3, -0.25) is 19.3 Å². The van der Waals surface area contributed by atoms with Crippen LogP contribution in [-0.2, 0) is 14.4 Å². The molecule has 5 amide bonds. The highest BCUT2D eigenvalue weighted by Crippen LogP contribution is 2.48. The molecule has 2 N–H and O–H groups in total. The predicted octanol–water partition coefficient (Wildman–Crippen LogP) is 2.42. The van der Waals surface area contributed by atoms with Crippen LogP contribution in [0.4, 0.5) is 4.79 Å². The van der Waals surface area contributed by atoms with Gasteiger partial charge in [0.25, 0.3) is 0 Å². The third-order valence-electron chi connectivity index (χ3n) is 8.66. The molecule has 0 bridgehead atoms. The molecule has 0 spiro atoms. The highest BCUT2D eigenvalue weighted by molar-refractivity contribution is 6.02. The molecular weight excluding hydrogens is 420 g/mol. The molecular formula is C25H38N4O4. The SMILES string of the molecule is CC(C)[C@H](NC(=O)NC1CCCC1)C(=O)N1CC[C@H]2[C@H]1C(C1CCC1)C(=O)N2C(=O)C1CC1. The number of fused-ring (bicyclic) bond motifs is 1. The van der Waals surface area contributed by atoms with E-state index in [9.17, 15) is 19.2 Å². The van der Waals surface area contributed by atoms with Gasteiger partial charge in [0.15, 0.2) is 0 Å². The predicted molar refractivity (Wildman–Crippen MR) is 122 cm³/mol. The first-order chi connectivity index (χ1) is 15.9. The summed E-state index contributed by atoms with van der Waals surface area (Å²) in [4.78, 5) is 56.3. The molecule has 4 atom stereocenters. The molecule has 2 heterocycles. The molecule has 5 aliphatic rings. The van der Waals surface area contributed by atoms with Crippen LogP contribution in [-0.4, -0.2) is 64.3 Å². The molecule has 182 valence electrons. The average molecular weight is 459 g/mol. The van der Waals surface area contributed by atoms with Crippen LogP contribution >= 0.6 is 0 Å². The van der Waals surface area contributed by atoms with Crippen molar-refractivity contribution in [1.82, 2.24) is 20.4 Å². The van der Waals surface area contributed by atoms with Gasteiger partial charge >= 0.3 is 6.03 Å². The molecule has 1 unspecified atom stereocenters. The van der Waals surface area contributed by atoms with Crippen LogP contribution in [0.25, 0.3) is 0 Å². The number of amides is 5. The van der Waals surface area contributed by atoms with Crippen LogP contribution in [0.5, 0.6) is 0 Å². The fraction of sp³-hybridized carbons (Fsp3) is 0.840. The number of hydrogen-bond donors (Lipinski definition) is 2. The summed E-state index contributed by atoms with van der Waals surface area (Å²) in [6.45, 7) is 4.42. The molecule has 33 heavy (non-hydrogen) atoms. The zero-order valence-corrected chi connectivity index (χ0v) is 19.9.